The average molecular weight is 247 g/mol. The lowest BCUT2D eigenvalue weighted by atomic mass is 10.1. The van der Waals surface area contributed by atoms with Crippen LogP contribution in [0, 0.1) is 0 Å². The van der Waals surface area contributed by atoms with Gasteiger partial charge in [-0.3, -0.25) is 4.79 Å². The van der Waals surface area contributed by atoms with E-state index in [-0.39, 0.29) is 5.78 Å². The number of nitrogens with zero attached hydrogens (tertiary/aromatic N) is 1. The summed E-state index contributed by atoms with van der Waals surface area (Å²) >= 11 is 1.51. The van der Waals surface area contributed by atoms with Crippen molar-refractivity contribution in [1.29, 1.82) is 0 Å². The van der Waals surface area contributed by atoms with E-state index >= 15 is 0 Å². The van der Waals surface area contributed by atoms with E-state index in [1.54, 1.807) is 0 Å². The summed E-state index contributed by atoms with van der Waals surface area (Å²) < 4.78 is 1.10. The predicted molar refractivity (Wildman–Crippen MR) is 72.7 cm³/mol. The van der Waals surface area contributed by atoms with Crippen LogP contribution in [-0.2, 0) is 0 Å². The summed E-state index contributed by atoms with van der Waals surface area (Å²) in [5.74, 6) is 0.197. The molecule has 2 nitrogen and oxygen atoms in total. The Hall–Kier alpha value is -1.22. The standard InChI is InChI=1S/C14H17NOS/c1-2-3-4-5-9-12(16)14-15-11-8-6-7-10-13(11)17-14/h6-8,10H,2-5,9H2,1H3. The number of unbranched alkanes of at least 4 members (excludes halogenated alkanes) is 3. The number of rotatable bonds is 6. The van der Waals surface area contributed by atoms with Gasteiger partial charge in [-0.25, -0.2) is 4.98 Å². The zero-order valence-electron chi connectivity index (χ0n) is 10.1. The molecule has 0 atom stereocenters. The molecular weight excluding hydrogens is 230 g/mol. The average Bonchev–Trinajstić information content (AvgIpc) is 2.78. The molecule has 1 aromatic carbocycles. The van der Waals surface area contributed by atoms with Crippen LogP contribution in [0.25, 0.3) is 10.2 Å². The number of carbonyl (C=O) groups is 1. The van der Waals surface area contributed by atoms with E-state index in [1.807, 2.05) is 24.3 Å². The van der Waals surface area contributed by atoms with Crippen molar-refractivity contribution in [2.45, 2.75) is 39.0 Å². The molecule has 0 aliphatic heterocycles. The first-order valence-electron chi connectivity index (χ1n) is 6.20. The van der Waals surface area contributed by atoms with Gasteiger partial charge in [-0.2, -0.15) is 0 Å². The van der Waals surface area contributed by atoms with Crippen molar-refractivity contribution in [3.05, 3.63) is 29.3 Å². The van der Waals surface area contributed by atoms with E-state index in [1.165, 1.54) is 24.2 Å². The van der Waals surface area contributed by atoms with Gasteiger partial charge < -0.3 is 0 Å². The molecule has 3 heteroatoms. The second-order valence-corrected chi connectivity index (χ2v) is 5.25. The number of hydrogen-bond acceptors (Lipinski definition) is 3. The first-order valence-corrected chi connectivity index (χ1v) is 7.01. The molecule has 0 spiro atoms. The van der Waals surface area contributed by atoms with Crippen LogP contribution >= 0.6 is 11.3 Å². The summed E-state index contributed by atoms with van der Waals surface area (Å²) in [4.78, 5) is 16.3. The highest BCUT2D eigenvalue weighted by Crippen LogP contribution is 2.23. The van der Waals surface area contributed by atoms with Crippen molar-refractivity contribution < 1.29 is 4.79 Å². The zero-order chi connectivity index (χ0) is 12.1. The summed E-state index contributed by atoms with van der Waals surface area (Å²) in [7, 11) is 0. The third kappa shape index (κ3) is 3.13. The maximum Gasteiger partial charge on any atom is 0.191 e. The molecule has 0 aliphatic carbocycles. The van der Waals surface area contributed by atoms with E-state index in [4.69, 9.17) is 0 Å². The van der Waals surface area contributed by atoms with Gasteiger partial charge in [0.1, 0.15) is 0 Å². The van der Waals surface area contributed by atoms with Gasteiger partial charge in [0.05, 0.1) is 10.2 Å². The zero-order valence-corrected chi connectivity index (χ0v) is 10.9. The van der Waals surface area contributed by atoms with Crippen LogP contribution in [0.4, 0.5) is 0 Å². The van der Waals surface area contributed by atoms with E-state index in [0.717, 1.165) is 23.1 Å². The van der Waals surface area contributed by atoms with Gasteiger partial charge in [0.2, 0.25) is 0 Å². The van der Waals surface area contributed by atoms with Gasteiger partial charge in [0, 0.05) is 6.42 Å². The van der Waals surface area contributed by atoms with Gasteiger partial charge in [-0.05, 0) is 18.6 Å². The summed E-state index contributed by atoms with van der Waals surface area (Å²) in [6.45, 7) is 2.18. The highest BCUT2D eigenvalue weighted by Gasteiger charge is 2.11. The van der Waals surface area contributed by atoms with Crippen LogP contribution in [-0.4, -0.2) is 10.8 Å². The fourth-order valence-corrected chi connectivity index (χ4v) is 2.74. The van der Waals surface area contributed by atoms with Crippen LogP contribution in [0.2, 0.25) is 0 Å². The molecule has 0 amide bonds. The number of ketones is 1. The largest absolute Gasteiger partial charge is 0.292 e. The molecule has 90 valence electrons. The molecule has 1 heterocycles. The van der Waals surface area contributed by atoms with Gasteiger partial charge >= 0.3 is 0 Å². The maximum atomic E-state index is 11.9. The number of benzene rings is 1. The Balaban J connectivity index is 1.99. The molecular formula is C14H17NOS. The lowest BCUT2D eigenvalue weighted by Crippen LogP contribution is -1.97. The Morgan fingerprint density at radius 1 is 1.24 bits per heavy atom. The van der Waals surface area contributed by atoms with Crippen LogP contribution < -0.4 is 0 Å². The van der Waals surface area contributed by atoms with Crippen molar-refractivity contribution in [3.8, 4) is 0 Å². The van der Waals surface area contributed by atoms with Gasteiger partial charge in [-0.1, -0.05) is 38.3 Å². The number of aromatic nitrogens is 1. The highest BCUT2D eigenvalue weighted by molar-refractivity contribution is 7.20. The van der Waals surface area contributed by atoms with E-state index in [2.05, 4.69) is 11.9 Å². The van der Waals surface area contributed by atoms with Crippen molar-refractivity contribution in [2.24, 2.45) is 0 Å². The molecule has 17 heavy (non-hydrogen) atoms. The number of para-hydroxylation sites is 1. The Morgan fingerprint density at radius 2 is 2.06 bits per heavy atom. The lowest BCUT2D eigenvalue weighted by Gasteiger charge is -1.96. The molecule has 0 saturated carbocycles. The normalized spacial score (nSPS) is 10.9. The Morgan fingerprint density at radius 3 is 2.82 bits per heavy atom. The smallest absolute Gasteiger partial charge is 0.191 e. The second-order valence-electron chi connectivity index (χ2n) is 4.22. The first-order chi connectivity index (χ1) is 8.31. The highest BCUT2D eigenvalue weighted by atomic mass is 32.1. The van der Waals surface area contributed by atoms with Crippen molar-refractivity contribution in [2.75, 3.05) is 0 Å². The number of Topliss-reactive ketones (excluding diaryl/α,β-unsaturated/α-hetero) is 1. The minimum absolute atomic E-state index is 0.197. The van der Waals surface area contributed by atoms with Gasteiger partial charge in [0.25, 0.3) is 0 Å². The van der Waals surface area contributed by atoms with Crippen molar-refractivity contribution >= 4 is 27.3 Å². The molecule has 0 bridgehead atoms. The number of carbonyl (C=O) groups excluding carboxylic acids is 1. The third-order valence-corrected chi connectivity index (χ3v) is 3.87. The van der Waals surface area contributed by atoms with Crippen LogP contribution in [0.1, 0.15) is 48.8 Å². The minimum atomic E-state index is 0.197. The summed E-state index contributed by atoms with van der Waals surface area (Å²) in [5, 5.41) is 0.669. The number of hydrogen-bond donors (Lipinski definition) is 0. The molecule has 2 aromatic rings. The summed E-state index contributed by atoms with van der Waals surface area (Å²) in [5.41, 5.74) is 0.939. The minimum Gasteiger partial charge on any atom is -0.292 e. The molecule has 0 fully saturated rings. The van der Waals surface area contributed by atoms with Crippen LogP contribution in [0.15, 0.2) is 24.3 Å². The van der Waals surface area contributed by atoms with Crippen molar-refractivity contribution in [1.82, 2.24) is 4.98 Å². The van der Waals surface area contributed by atoms with E-state index in [0.29, 0.717) is 11.4 Å². The molecule has 0 N–H and O–H groups in total. The molecule has 0 radical (unpaired) electrons. The number of thiazole rings is 1. The quantitative estimate of drug-likeness (QED) is 0.557. The number of fused-ring (bicyclic) bond motifs is 1. The fourth-order valence-electron chi connectivity index (χ4n) is 1.81. The Kier molecular flexibility index (Phi) is 4.26. The van der Waals surface area contributed by atoms with Crippen LogP contribution in [0.3, 0.4) is 0 Å². The second kappa shape index (κ2) is 5.92. The third-order valence-electron chi connectivity index (χ3n) is 2.79. The summed E-state index contributed by atoms with van der Waals surface area (Å²) in [6, 6.07) is 7.91. The SMILES string of the molecule is CCCCCCC(=O)c1nc2ccccc2s1. The lowest BCUT2D eigenvalue weighted by molar-refractivity contribution is 0.0979. The maximum absolute atomic E-state index is 11.9. The predicted octanol–water partition coefficient (Wildman–Crippen LogP) is 4.45. The van der Waals surface area contributed by atoms with E-state index < -0.39 is 0 Å². The topological polar surface area (TPSA) is 30.0 Å². The van der Waals surface area contributed by atoms with E-state index in [9.17, 15) is 4.79 Å². The first kappa shape index (κ1) is 12.2. The molecule has 0 saturated heterocycles. The van der Waals surface area contributed by atoms with Gasteiger partial charge in [-0.15, -0.1) is 11.3 Å². The molecule has 0 unspecified atom stereocenters. The Bertz CT molecular complexity index is 471. The van der Waals surface area contributed by atoms with Crippen molar-refractivity contribution in [3.63, 3.8) is 0 Å². The van der Waals surface area contributed by atoms with Gasteiger partial charge in [0.15, 0.2) is 10.8 Å². The molecule has 1 aromatic heterocycles. The summed E-state index contributed by atoms with van der Waals surface area (Å²) in [6.07, 6.45) is 5.19. The van der Waals surface area contributed by atoms with Crippen LogP contribution in [0.5, 0.6) is 0 Å². The fraction of sp³-hybridized carbons (Fsp3) is 0.429. The molecule has 2 rings (SSSR count). The monoisotopic (exact) mass is 247 g/mol. The Labute approximate surface area is 106 Å². The molecule has 0 aliphatic rings.